The van der Waals surface area contributed by atoms with Gasteiger partial charge in [-0.2, -0.15) is 0 Å². The van der Waals surface area contributed by atoms with E-state index in [9.17, 15) is 4.79 Å². The van der Waals surface area contributed by atoms with Crippen molar-refractivity contribution in [3.8, 4) is 0 Å². The maximum Gasteiger partial charge on any atom is 0.221 e. The molecule has 0 amide bonds. The Bertz CT molecular complexity index is 447. The van der Waals surface area contributed by atoms with Crippen molar-refractivity contribution in [1.29, 1.82) is 0 Å². The Morgan fingerprint density at radius 1 is 1.29 bits per heavy atom. The molecule has 2 nitrogen and oxygen atoms in total. The number of nitrogens with zero attached hydrogens (tertiary/aromatic N) is 1. The Labute approximate surface area is 86.2 Å². The van der Waals surface area contributed by atoms with Gasteiger partial charge in [-0.1, -0.05) is 30.3 Å². The summed E-state index contributed by atoms with van der Waals surface area (Å²) in [6.07, 6.45) is 0. The lowest BCUT2D eigenvalue weighted by molar-refractivity contribution is 0.103. The highest BCUT2D eigenvalue weighted by Crippen LogP contribution is 2.13. The van der Waals surface area contributed by atoms with Crippen molar-refractivity contribution in [3.05, 3.63) is 52.0 Å². The third-order valence-corrected chi connectivity index (χ3v) is 2.81. The maximum atomic E-state index is 11.8. The van der Waals surface area contributed by atoms with Crippen LogP contribution in [0.2, 0.25) is 0 Å². The van der Waals surface area contributed by atoms with Crippen molar-refractivity contribution < 1.29 is 4.79 Å². The van der Waals surface area contributed by atoms with Crippen LogP contribution in [0.15, 0.2) is 35.7 Å². The van der Waals surface area contributed by atoms with Crippen molar-refractivity contribution in [3.63, 3.8) is 0 Å². The summed E-state index contributed by atoms with van der Waals surface area (Å²) in [4.78, 5) is 16.0. The van der Waals surface area contributed by atoms with Gasteiger partial charge < -0.3 is 0 Å². The molecule has 2 aromatic rings. The maximum absolute atomic E-state index is 11.8. The van der Waals surface area contributed by atoms with E-state index in [1.165, 1.54) is 11.3 Å². The first-order valence-electron chi connectivity index (χ1n) is 4.29. The lowest BCUT2D eigenvalue weighted by Crippen LogP contribution is -1.99. The van der Waals surface area contributed by atoms with E-state index < -0.39 is 0 Å². The average molecular weight is 203 g/mol. The summed E-state index contributed by atoms with van der Waals surface area (Å²) in [5.74, 6) is 0.00343. The molecule has 14 heavy (non-hydrogen) atoms. The van der Waals surface area contributed by atoms with Crippen molar-refractivity contribution in [1.82, 2.24) is 4.98 Å². The average Bonchev–Trinajstić information content (AvgIpc) is 2.65. The number of benzene rings is 1. The molecule has 0 saturated carbocycles. The third kappa shape index (κ3) is 1.72. The summed E-state index contributed by atoms with van der Waals surface area (Å²) in [6.45, 7) is 1.89. The Morgan fingerprint density at radius 2 is 2.00 bits per heavy atom. The van der Waals surface area contributed by atoms with Gasteiger partial charge in [0.1, 0.15) is 0 Å². The molecule has 1 heterocycles. The quantitative estimate of drug-likeness (QED) is 0.702. The lowest BCUT2D eigenvalue weighted by atomic mass is 10.1. The van der Waals surface area contributed by atoms with Crippen LogP contribution in [0, 0.1) is 6.92 Å². The molecule has 0 saturated heterocycles. The van der Waals surface area contributed by atoms with Gasteiger partial charge in [0, 0.05) is 16.6 Å². The van der Waals surface area contributed by atoms with Crippen LogP contribution in [-0.2, 0) is 0 Å². The zero-order valence-corrected chi connectivity index (χ0v) is 8.54. The Kier molecular flexibility index (Phi) is 2.41. The molecule has 0 aliphatic rings. The van der Waals surface area contributed by atoms with Crippen molar-refractivity contribution in [2.24, 2.45) is 0 Å². The first kappa shape index (κ1) is 9.09. The number of aromatic nitrogens is 1. The fourth-order valence-electron chi connectivity index (χ4n) is 1.17. The van der Waals surface area contributed by atoms with Gasteiger partial charge in [0.05, 0.1) is 0 Å². The van der Waals surface area contributed by atoms with E-state index in [0.29, 0.717) is 10.6 Å². The van der Waals surface area contributed by atoms with E-state index in [1.54, 1.807) is 12.1 Å². The number of hydrogen-bond donors (Lipinski definition) is 0. The zero-order chi connectivity index (χ0) is 9.97. The molecule has 3 heteroatoms. The second-order valence-corrected chi connectivity index (χ2v) is 3.85. The highest BCUT2D eigenvalue weighted by Gasteiger charge is 2.11. The normalized spacial score (nSPS) is 10.1. The molecule has 2 rings (SSSR count). The molecule has 0 bridgehead atoms. The van der Waals surface area contributed by atoms with E-state index in [4.69, 9.17) is 0 Å². The van der Waals surface area contributed by atoms with Crippen LogP contribution in [0.1, 0.15) is 21.1 Å². The molecule has 0 spiro atoms. The number of carbonyl (C=O) groups is 1. The molecule has 70 valence electrons. The number of rotatable bonds is 2. The van der Waals surface area contributed by atoms with Gasteiger partial charge in [-0.05, 0) is 6.92 Å². The van der Waals surface area contributed by atoms with Crippen LogP contribution in [0.5, 0.6) is 0 Å². The largest absolute Gasteiger partial charge is 0.286 e. The van der Waals surface area contributed by atoms with Gasteiger partial charge in [0.2, 0.25) is 5.78 Å². The minimum atomic E-state index is 0.00343. The van der Waals surface area contributed by atoms with E-state index in [1.807, 2.05) is 30.5 Å². The van der Waals surface area contributed by atoms with Crippen LogP contribution >= 0.6 is 11.3 Å². The number of thiazole rings is 1. The molecule has 0 unspecified atom stereocenters. The summed E-state index contributed by atoms with van der Waals surface area (Å²) < 4.78 is 0. The second kappa shape index (κ2) is 3.72. The highest BCUT2D eigenvalue weighted by atomic mass is 32.1. The zero-order valence-electron chi connectivity index (χ0n) is 7.73. The van der Waals surface area contributed by atoms with Crippen molar-refractivity contribution >= 4 is 17.1 Å². The minimum Gasteiger partial charge on any atom is -0.286 e. The summed E-state index contributed by atoms with van der Waals surface area (Å²) in [5, 5.41) is 2.45. The molecule has 1 aromatic carbocycles. The minimum absolute atomic E-state index is 0.00343. The lowest BCUT2D eigenvalue weighted by Gasteiger charge is -1.94. The first-order valence-corrected chi connectivity index (χ1v) is 5.17. The van der Waals surface area contributed by atoms with E-state index in [-0.39, 0.29) is 5.78 Å². The van der Waals surface area contributed by atoms with Crippen molar-refractivity contribution in [2.75, 3.05) is 0 Å². The van der Waals surface area contributed by atoms with Gasteiger partial charge in [-0.15, -0.1) is 11.3 Å². The standard InChI is InChI=1S/C11H9NOS/c1-8-7-14-11(12-8)10(13)9-5-3-2-4-6-9/h2-7H,1H3. The van der Waals surface area contributed by atoms with Gasteiger partial charge in [0.15, 0.2) is 5.01 Å². The van der Waals surface area contributed by atoms with Gasteiger partial charge in [0.25, 0.3) is 0 Å². The van der Waals surface area contributed by atoms with Gasteiger partial charge in [-0.25, -0.2) is 4.98 Å². The SMILES string of the molecule is Cc1csc(C(=O)c2ccccc2)n1. The summed E-state index contributed by atoms with van der Waals surface area (Å²) in [6, 6.07) is 9.21. The topological polar surface area (TPSA) is 30.0 Å². The predicted molar refractivity (Wildman–Crippen MR) is 56.7 cm³/mol. The van der Waals surface area contributed by atoms with E-state index >= 15 is 0 Å². The molecule has 0 radical (unpaired) electrons. The van der Waals surface area contributed by atoms with Crippen molar-refractivity contribution in [2.45, 2.75) is 6.92 Å². The molecule has 0 N–H and O–H groups in total. The third-order valence-electron chi connectivity index (χ3n) is 1.85. The Hall–Kier alpha value is -1.48. The smallest absolute Gasteiger partial charge is 0.221 e. The highest BCUT2D eigenvalue weighted by molar-refractivity contribution is 7.12. The number of aryl methyl sites for hydroxylation is 1. The summed E-state index contributed by atoms with van der Waals surface area (Å²) in [5.41, 5.74) is 1.59. The second-order valence-electron chi connectivity index (χ2n) is 2.99. The molecule has 0 aliphatic carbocycles. The van der Waals surface area contributed by atoms with E-state index in [2.05, 4.69) is 4.98 Å². The van der Waals surface area contributed by atoms with Crippen LogP contribution in [0.3, 0.4) is 0 Å². The number of carbonyl (C=O) groups excluding carboxylic acids is 1. The van der Waals surface area contributed by atoms with Crippen LogP contribution < -0.4 is 0 Å². The van der Waals surface area contributed by atoms with Gasteiger partial charge in [-0.3, -0.25) is 4.79 Å². The molecular weight excluding hydrogens is 194 g/mol. The van der Waals surface area contributed by atoms with E-state index in [0.717, 1.165) is 5.69 Å². The summed E-state index contributed by atoms with van der Waals surface area (Å²) >= 11 is 1.39. The first-order chi connectivity index (χ1) is 6.77. The molecule has 0 atom stereocenters. The molecule has 0 fully saturated rings. The summed E-state index contributed by atoms with van der Waals surface area (Å²) in [7, 11) is 0. The van der Waals surface area contributed by atoms with Crippen LogP contribution in [0.4, 0.5) is 0 Å². The fraction of sp³-hybridized carbons (Fsp3) is 0.0909. The molecule has 1 aromatic heterocycles. The Morgan fingerprint density at radius 3 is 2.57 bits per heavy atom. The van der Waals surface area contributed by atoms with Crippen LogP contribution in [-0.4, -0.2) is 10.8 Å². The van der Waals surface area contributed by atoms with Gasteiger partial charge >= 0.3 is 0 Å². The number of hydrogen-bond acceptors (Lipinski definition) is 3. The molecule has 0 aliphatic heterocycles. The van der Waals surface area contributed by atoms with Crippen LogP contribution in [0.25, 0.3) is 0 Å². The Balaban J connectivity index is 2.34. The monoisotopic (exact) mass is 203 g/mol. The number of ketones is 1. The predicted octanol–water partition coefficient (Wildman–Crippen LogP) is 2.68. The fourth-order valence-corrected chi connectivity index (χ4v) is 1.93. The molecular formula is C11H9NOS.